The van der Waals surface area contributed by atoms with Crippen LogP contribution in [0.4, 0.5) is 26.3 Å². The van der Waals surface area contributed by atoms with Gasteiger partial charge in [0.2, 0.25) is 0 Å². The number of alkyl halides is 6. The molecule has 4 heterocycles. The molecule has 2 aliphatic carbocycles. The summed E-state index contributed by atoms with van der Waals surface area (Å²) in [6.07, 6.45) is 2.52. The third-order valence-corrected chi connectivity index (χ3v) is 7.95. The van der Waals surface area contributed by atoms with Crippen LogP contribution in [0.3, 0.4) is 0 Å². The van der Waals surface area contributed by atoms with Crippen LogP contribution in [0.15, 0.2) is 24.3 Å². The zero-order valence-electron chi connectivity index (χ0n) is 26.7. The number of rotatable bonds is 6. The average molecular weight is 736 g/mol. The minimum absolute atomic E-state index is 0. The molecule has 0 bridgehead atoms. The summed E-state index contributed by atoms with van der Waals surface area (Å²) in [5.74, 6) is -1.59. The minimum atomic E-state index is -5.00. The first-order valence-electron chi connectivity index (χ1n) is 15.3. The van der Waals surface area contributed by atoms with Crippen molar-refractivity contribution in [3.63, 3.8) is 0 Å². The molecule has 5 fully saturated rings. The predicted octanol–water partition coefficient (Wildman–Crippen LogP) is 6.39. The summed E-state index contributed by atoms with van der Waals surface area (Å²) in [4.78, 5) is 3.30. The van der Waals surface area contributed by atoms with Gasteiger partial charge in [-0.1, -0.05) is 6.07 Å². The van der Waals surface area contributed by atoms with E-state index in [0.717, 1.165) is 6.07 Å². The van der Waals surface area contributed by atoms with E-state index < -0.39 is 77.2 Å². The summed E-state index contributed by atoms with van der Waals surface area (Å²) in [5, 5.41) is 3.04. The monoisotopic (exact) mass is 736 g/mol. The van der Waals surface area contributed by atoms with Gasteiger partial charge in [-0.2, -0.15) is 26.3 Å². The molecule has 5 aliphatic rings. The van der Waals surface area contributed by atoms with Crippen molar-refractivity contribution in [2.24, 2.45) is 0 Å². The summed E-state index contributed by atoms with van der Waals surface area (Å²) in [7, 11) is 0. The van der Waals surface area contributed by atoms with Crippen LogP contribution in [0.25, 0.3) is 10.9 Å². The molecular weight excluding hydrogens is 702 g/mol. The van der Waals surface area contributed by atoms with E-state index in [2.05, 4.69) is 10.3 Å². The smallest absolute Gasteiger partial charge is 0.481 e. The molecule has 264 valence electrons. The van der Waals surface area contributed by atoms with Crippen molar-refractivity contribution in [2.45, 2.75) is 82.3 Å². The number of hydrogen-bond donors (Lipinski definition) is 1. The second-order valence-corrected chi connectivity index (χ2v) is 12.5. The molecule has 0 spiro atoms. The molecule has 5 atom stereocenters. The van der Waals surface area contributed by atoms with Crippen molar-refractivity contribution in [1.29, 1.82) is 0 Å². The summed E-state index contributed by atoms with van der Waals surface area (Å²) in [6, 6.07) is 3.61. The molecule has 0 unspecified atom stereocenters. The molecule has 8 nitrogen and oxygen atoms in total. The molecule has 7 rings (SSSR count). The van der Waals surface area contributed by atoms with Crippen LogP contribution in [0, 0.1) is 63.4 Å². The van der Waals surface area contributed by atoms with Gasteiger partial charge in [-0.25, -0.2) is 4.98 Å². The second kappa shape index (κ2) is 14.7. The number of halogens is 6. The Morgan fingerprint density at radius 3 is 2.08 bits per heavy atom. The van der Waals surface area contributed by atoms with Crippen LogP contribution >= 0.6 is 0 Å². The Bertz CT molecular complexity index is 1430. The molecule has 1 N–H and O–H groups in total. The Balaban J connectivity index is 0.000000717. The van der Waals surface area contributed by atoms with E-state index in [1.54, 1.807) is 40.5 Å². The SMILES string of the molecule is CC1(C)O[C@H]2[C@@H](O1)[C@@H](CNC[C]1[CH][CH][CH][C]1Oc1cc(C(F)(F)F)nc3c(C(F)(F)F)cccc13)O[C@@H]1OC(C)(C)O[C@@H]12.[CH]1[CH][CH][CH][CH]1.[Fe+2]. The van der Waals surface area contributed by atoms with Gasteiger partial charge in [-0.3, -0.25) is 0 Å². The van der Waals surface area contributed by atoms with Crippen LogP contribution in [0.5, 0.6) is 5.75 Å². The molecule has 2 aromatic rings. The van der Waals surface area contributed by atoms with Gasteiger partial charge in [-0.05, 0) is 84.8 Å². The first-order chi connectivity index (χ1) is 22.5. The molecule has 49 heavy (non-hydrogen) atoms. The topological polar surface area (TPSA) is 80.3 Å². The Hall–Kier alpha value is -1.71. The van der Waals surface area contributed by atoms with Gasteiger partial charge in [-0.15, -0.1) is 0 Å². The molecule has 1 aromatic heterocycles. The zero-order chi connectivity index (χ0) is 34.5. The molecular formula is C34H34F6FeN2O6+2. The van der Waals surface area contributed by atoms with E-state index in [4.69, 9.17) is 28.4 Å². The van der Waals surface area contributed by atoms with Gasteiger partial charge in [0.05, 0.1) is 11.1 Å². The number of aromatic nitrogens is 1. The number of ether oxygens (including phenoxy) is 6. The summed E-state index contributed by atoms with van der Waals surface area (Å²) in [6.45, 7) is 7.63. The van der Waals surface area contributed by atoms with Crippen molar-refractivity contribution in [3.05, 3.63) is 98.9 Å². The molecule has 10 radical (unpaired) electrons. The first-order valence-corrected chi connectivity index (χ1v) is 15.3. The average Bonchev–Trinajstić information content (AvgIpc) is 3.79. The Labute approximate surface area is 292 Å². The third kappa shape index (κ3) is 8.85. The Morgan fingerprint density at radius 1 is 0.796 bits per heavy atom. The number of hydrogen-bond acceptors (Lipinski definition) is 8. The van der Waals surface area contributed by atoms with E-state index in [1.807, 2.05) is 32.1 Å². The summed E-state index contributed by atoms with van der Waals surface area (Å²) < 4.78 is 118. The molecule has 0 amide bonds. The third-order valence-electron chi connectivity index (χ3n) is 7.95. The zero-order valence-corrected chi connectivity index (χ0v) is 27.9. The van der Waals surface area contributed by atoms with E-state index in [-0.39, 0.29) is 41.6 Å². The summed E-state index contributed by atoms with van der Waals surface area (Å²) in [5.41, 5.74) is -3.64. The van der Waals surface area contributed by atoms with E-state index >= 15 is 0 Å². The van der Waals surface area contributed by atoms with Crippen molar-refractivity contribution >= 4 is 10.9 Å². The van der Waals surface area contributed by atoms with Crippen molar-refractivity contribution in [1.82, 2.24) is 10.3 Å². The summed E-state index contributed by atoms with van der Waals surface area (Å²) >= 11 is 0. The Morgan fingerprint density at radius 2 is 1.43 bits per heavy atom. The van der Waals surface area contributed by atoms with E-state index in [0.29, 0.717) is 18.1 Å². The molecule has 3 aliphatic heterocycles. The number of para-hydroxylation sites is 1. The fourth-order valence-electron chi connectivity index (χ4n) is 6.01. The first kappa shape index (κ1) is 38.5. The maximum absolute atomic E-state index is 13.6. The van der Waals surface area contributed by atoms with Crippen molar-refractivity contribution in [3.8, 4) is 5.75 Å². The van der Waals surface area contributed by atoms with E-state index in [9.17, 15) is 26.3 Å². The quantitative estimate of drug-likeness (QED) is 0.270. The number of nitrogens with one attached hydrogen (secondary N) is 1. The van der Waals surface area contributed by atoms with Gasteiger partial charge < -0.3 is 33.7 Å². The van der Waals surface area contributed by atoms with E-state index in [1.165, 1.54) is 12.5 Å². The maximum atomic E-state index is 13.6. The van der Waals surface area contributed by atoms with Crippen LogP contribution < -0.4 is 10.1 Å². The van der Waals surface area contributed by atoms with Gasteiger partial charge in [0.25, 0.3) is 0 Å². The van der Waals surface area contributed by atoms with Crippen LogP contribution in [0.2, 0.25) is 0 Å². The van der Waals surface area contributed by atoms with Gasteiger partial charge >= 0.3 is 29.4 Å². The fraction of sp³-hybridized carbons (Fsp3) is 0.441. The number of pyridine rings is 1. The van der Waals surface area contributed by atoms with Crippen LogP contribution in [-0.4, -0.2) is 60.4 Å². The molecule has 15 heteroatoms. The standard InChI is InChI=1S/C29H29F6N2O6.C5H5.Fe/c1-26(2)40-22-19(39-25-24(23(22)41-26)42-27(3,4)43-25)13-36-12-14-7-5-10-17(14)38-18-11-20(29(33,34)35)37-21-15(18)8-6-9-16(21)28(30,31)32;1-2-4-5-3-1;/h5-11,19,22-25,36H,12-13H2,1-4H3;1-5H;/q;;+2/t19-,22+,23+,24-,25-;;/m1../s1. The maximum Gasteiger partial charge on any atom is 2.00 e. The fourth-order valence-corrected chi connectivity index (χ4v) is 6.01. The van der Waals surface area contributed by atoms with Gasteiger partial charge in [0.1, 0.15) is 35.9 Å². The minimum Gasteiger partial charge on any atom is -0.481 e. The second-order valence-electron chi connectivity index (χ2n) is 12.5. The number of benzene rings is 1. The molecule has 3 saturated heterocycles. The molecule has 1 aromatic carbocycles. The number of fused-ring (bicyclic) bond motifs is 4. The van der Waals surface area contributed by atoms with Crippen LogP contribution in [0.1, 0.15) is 39.0 Å². The molecule has 2 saturated carbocycles. The van der Waals surface area contributed by atoms with Crippen molar-refractivity contribution in [2.75, 3.05) is 13.1 Å². The Kier molecular flexibility index (Phi) is 11.6. The number of nitrogens with zero attached hydrogens (tertiary/aromatic N) is 1. The van der Waals surface area contributed by atoms with Crippen molar-refractivity contribution < 1.29 is 71.8 Å². The van der Waals surface area contributed by atoms with Gasteiger partial charge in [0, 0.05) is 36.9 Å². The van der Waals surface area contributed by atoms with Crippen LogP contribution in [-0.2, 0) is 53.1 Å². The largest absolute Gasteiger partial charge is 2.00 e. The predicted molar refractivity (Wildman–Crippen MR) is 159 cm³/mol. The van der Waals surface area contributed by atoms with Gasteiger partial charge in [0.15, 0.2) is 24.0 Å². The normalized spacial score (nSPS) is 29.6.